The van der Waals surface area contributed by atoms with E-state index >= 15 is 0 Å². The van der Waals surface area contributed by atoms with Crippen molar-refractivity contribution in [1.82, 2.24) is 0 Å². The molecule has 0 bridgehead atoms. The number of nitrogen functional groups attached to an aromatic ring is 1. The summed E-state index contributed by atoms with van der Waals surface area (Å²) in [4.78, 5) is 11.5. The maximum atomic E-state index is 11.5. The van der Waals surface area contributed by atoms with Crippen molar-refractivity contribution in [2.24, 2.45) is 0 Å². The fourth-order valence-corrected chi connectivity index (χ4v) is 2.25. The molecule has 1 aromatic carbocycles. The predicted octanol–water partition coefficient (Wildman–Crippen LogP) is 3.33. The summed E-state index contributed by atoms with van der Waals surface area (Å²) in [5.41, 5.74) is 9.30. The summed E-state index contributed by atoms with van der Waals surface area (Å²) in [5.74, 6) is -0.518. The number of hydrogen-bond acceptors (Lipinski definition) is 3. The van der Waals surface area contributed by atoms with Crippen LogP contribution in [0.1, 0.15) is 53.7 Å². The van der Waals surface area contributed by atoms with Crippen molar-refractivity contribution >= 4 is 11.7 Å². The minimum atomic E-state index is -0.949. The predicted molar refractivity (Wildman–Crippen MR) is 77.1 cm³/mol. The molecule has 0 aliphatic rings. The molecule has 0 saturated heterocycles. The van der Waals surface area contributed by atoms with Gasteiger partial charge in [-0.25, -0.2) is 4.79 Å². The van der Waals surface area contributed by atoms with Gasteiger partial charge in [0, 0.05) is 11.3 Å². The Morgan fingerprint density at radius 2 is 1.89 bits per heavy atom. The van der Waals surface area contributed by atoms with E-state index in [4.69, 9.17) is 10.5 Å². The van der Waals surface area contributed by atoms with Gasteiger partial charge in [0.05, 0.1) is 6.61 Å². The number of anilines is 1. The number of carboxylic acids is 1. The molecule has 0 fully saturated rings. The zero-order chi connectivity index (χ0) is 14.6. The summed E-state index contributed by atoms with van der Waals surface area (Å²) >= 11 is 0. The fraction of sp³-hybridized carbons (Fsp3) is 0.533. The summed E-state index contributed by atoms with van der Waals surface area (Å²) in [7, 11) is 0. The number of carbonyl (C=O) groups is 1. The summed E-state index contributed by atoms with van der Waals surface area (Å²) in [6.07, 6.45) is 2.53. The molecule has 4 heteroatoms. The summed E-state index contributed by atoms with van der Waals surface area (Å²) in [6.45, 7) is 8.19. The third kappa shape index (κ3) is 3.00. The van der Waals surface area contributed by atoms with Gasteiger partial charge in [-0.05, 0) is 37.8 Å². The van der Waals surface area contributed by atoms with Gasteiger partial charge in [-0.15, -0.1) is 0 Å². The number of aromatic carboxylic acids is 1. The van der Waals surface area contributed by atoms with Crippen molar-refractivity contribution < 1.29 is 14.6 Å². The van der Waals surface area contributed by atoms with E-state index in [0.717, 1.165) is 29.5 Å². The molecule has 0 unspecified atom stereocenters. The normalized spacial score (nSPS) is 10.5. The summed E-state index contributed by atoms with van der Waals surface area (Å²) < 4.78 is 5.69. The van der Waals surface area contributed by atoms with Crippen LogP contribution in [-0.4, -0.2) is 17.7 Å². The Kier molecular flexibility index (Phi) is 5.21. The fourth-order valence-electron chi connectivity index (χ4n) is 2.25. The molecule has 19 heavy (non-hydrogen) atoms. The van der Waals surface area contributed by atoms with Crippen LogP contribution in [-0.2, 0) is 6.42 Å². The van der Waals surface area contributed by atoms with E-state index in [1.807, 2.05) is 20.8 Å². The second-order valence-electron chi connectivity index (χ2n) is 4.71. The molecule has 0 aliphatic carbocycles. The number of rotatable bonds is 6. The van der Waals surface area contributed by atoms with Gasteiger partial charge in [-0.3, -0.25) is 0 Å². The maximum absolute atomic E-state index is 11.5. The van der Waals surface area contributed by atoms with Crippen LogP contribution in [0.4, 0.5) is 5.69 Å². The first kappa shape index (κ1) is 15.3. The van der Waals surface area contributed by atoms with Gasteiger partial charge in [-0.1, -0.05) is 20.3 Å². The first-order valence-electron chi connectivity index (χ1n) is 6.73. The molecule has 0 aliphatic heterocycles. The molecular formula is C15H23NO3. The van der Waals surface area contributed by atoms with Crippen molar-refractivity contribution in [2.75, 3.05) is 12.3 Å². The average molecular weight is 265 g/mol. The van der Waals surface area contributed by atoms with E-state index in [1.165, 1.54) is 0 Å². The molecule has 4 nitrogen and oxygen atoms in total. The SMILES string of the molecule is CCCCOc1c(C)c(N)c(C)c(CC)c1C(=O)O. The summed E-state index contributed by atoms with van der Waals surface area (Å²) in [6, 6.07) is 0. The lowest BCUT2D eigenvalue weighted by atomic mass is 9.93. The van der Waals surface area contributed by atoms with Gasteiger partial charge in [-0.2, -0.15) is 0 Å². The molecule has 1 rings (SSSR count). The largest absolute Gasteiger partial charge is 0.492 e. The number of nitrogens with two attached hydrogens (primary N) is 1. The molecule has 106 valence electrons. The first-order chi connectivity index (χ1) is 8.95. The van der Waals surface area contributed by atoms with Crippen molar-refractivity contribution in [2.45, 2.75) is 47.0 Å². The van der Waals surface area contributed by atoms with E-state index in [0.29, 0.717) is 24.5 Å². The number of unbranched alkanes of at least 4 members (excludes halogenated alkanes) is 1. The molecule has 0 radical (unpaired) electrons. The highest BCUT2D eigenvalue weighted by Gasteiger charge is 2.23. The minimum Gasteiger partial charge on any atom is -0.492 e. The van der Waals surface area contributed by atoms with Gasteiger partial charge in [0.15, 0.2) is 0 Å². The molecule has 0 aromatic heterocycles. The molecule has 0 heterocycles. The second kappa shape index (κ2) is 6.45. The zero-order valence-corrected chi connectivity index (χ0v) is 12.2. The third-order valence-corrected chi connectivity index (χ3v) is 3.44. The van der Waals surface area contributed by atoms with Gasteiger partial charge in [0.1, 0.15) is 11.3 Å². The molecule has 3 N–H and O–H groups in total. The molecule has 1 aromatic rings. The molecular weight excluding hydrogens is 242 g/mol. The molecule has 0 amide bonds. The van der Waals surface area contributed by atoms with Crippen LogP contribution in [0.5, 0.6) is 5.75 Å². The number of carboxylic acid groups (broad SMARTS) is 1. The Bertz CT molecular complexity index is 481. The van der Waals surface area contributed by atoms with Crippen molar-refractivity contribution in [1.29, 1.82) is 0 Å². The lowest BCUT2D eigenvalue weighted by molar-refractivity contribution is 0.0690. The Hall–Kier alpha value is -1.71. The number of hydrogen-bond donors (Lipinski definition) is 2. The Morgan fingerprint density at radius 1 is 1.26 bits per heavy atom. The van der Waals surface area contributed by atoms with Crippen molar-refractivity contribution in [3.8, 4) is 5.75 Å². The lowest BCUT2D eigenvalue weighted by Crippen LogP contribution is -2.13. The van der Waals surface area contributed by atoms with E-state index in [9.17, 15) is 9.90 Å². The Morgan fingerprint density at radius 3 is 2.37 bits per heavy atom. The van der Waals surface area contributed by atoms with E-state index < -0.39 is 5.97 Å². The number of benzene rings is 1. The second-order valence-corrected chi connectivity index (χ2v) is 4.71. The van der Waals surface area contributed by atoms with Crippen LogP contribution in [0.25, 0.3) is 0 Å². The van der Waals surface area contributed by atoms with E-state index in [2.05, 4.69) is 6.92 Å². The minimum absolute atomic E-state index is 0.266. The van der Waals surface area contributed by atoms with Crippen LogP contribution < -0.4 is 10.5 Å². The number of ether oxygens (including phenoxy) is 1. The van der Waals surface area contributed by atoms with Crippen LogP contribution in [0, 0.1) is 13.8 Å². The van der Waals surface area contributed by atoms with Crippen LogP contribution in [0.15, 0.2) is 0 Å². The van der Waals surface area contributed by atoms with Crippen LogP contribution in [0.2, 0.25) is 0 Å². The van der Waals surface area contributed by atoms with Gasteiger partial charge < -0.3 is 15.6 Å². The highest BCUT2D eigenvalue weighted by molar-refractivity contribution is 5.95. The Balaban J connectivity index is 3.40. The lowest BCUT2D eigenvalue weighted by Gasteiger charge is -2.19. The third-order valence-electron chi connectivity index (χ3n) is 3.44. The topological polar surface area (TPSA) is 72.5 Å². The van der Waals surface area contributed by atoms with E-state index in [1.54, 1.807) is 0 Å². The van der Waals surface area contributed by atoms with Gasteiger partial charge >= 0.3 is 5.97 Å². The van der Waals surface area contributed by atoms with Gasteiger partial charge in [0.2, 0.25) is 0 Å². The quantitative estimate of drug-likeness (QED) is 0.611. The maximum Gasteiger partial charge on any atom is 0.339 e. The smallest absolute Gasteiger partial charge is 0.339 e. The summed E-state index contributed by atoms with van der Waals surface area (Å²) in [5, 5.41) is 9.45. The standard InChI is InChI=1S/C15H23NO3/c1-5-7-8-19-14-10(4)13(16)9(3)11(6-2)12(14)15(17)18/h5-8,16H2,1-4H3,(H,17,18). The van der Waals surface area contributed by atoms with Crippen molar-refractivity contribution in [3.05, 3.63) is 22.3 Å². The molecule has 0 atom stereocenters. The first-order valence-corrected chi connectivity index (χ1v) is 6.73. The highest BCUT2D eigenvalue weighted by atomic mass is 16.5. The average Bonchev–Trinajstić information content (AvgIpc) is 2.38. The highest BCUT2D eigenvalue weighted by Crippen LogP contribution is 2.35. The zero-order valence-electron chi connectivity index (χ0n) is 12.2. The van der Waals surface area contributed by atoms with Crippen molar-refractivity contribution in [3.63, 3.8) is 0 Å². The van der Waals surface area contributed by atoms with Crippen LogP contribution >= 0.6 is 0 Å². The Labute approximate surface area is 114 Å². The van der Waals surface area contributed by atoms with E-state index in [-0.39, 0.29) is 5.56 Å². The van der Waals surface area contributed by atoms with Crippen LogP contribution in [0.3, 0.4) is 0 Å². The molecule has 0 saturated carbocycles. The van der Waals surface area contributed by atoms with Gasteiger partial charge in [0.25, 0.3) is 0 Å². The monoisotopic (exact) mass is 265 g/mol. The molecule has 0 spiro atoms.